The first-order chi connectivity index (χ1) is 22.6. The van der Waals surface area contributed by atoms with E-state index in [4.69, 9.17) is 37.9 Å². The SMILES string of the molecule is CC(=O)Nc1ccn([C@@H]2O[C@H](CO[C@H]3O[C@H](COC(C)=O)[C@@H](OC(C)=O)[C@H](OC(C)=O)[C@@H]3N=[N+]=[N-])[C@@H](OC(C)=O)[C@H]2OC(C)=O)c(=O)n1. The van der Waals surface area contributed by atoms with Crippen molar-refractivity contribution in [2.24, 2.45) is 5.11 Å². The number of hydrogen-bond donors (Lipinski definition) is 1. The van der Waals surface area contributed by atoms with Crippen LogP contribution in [0.1, 0.15) is 47.8 Å². The van der Waals surface area contributed by atoms with Crippen molar-refractivity contribution in [3.8, 4) is 0 Å². The van der Waals surface area contributed by atoms with E-state index in [0.29, 0.717) is 0 Å². The van der Waals surface area contributed by atoms with Crippen LogP contribution >= 0.6 is 0 Å². The highest BCUT2D eigenvalue weighted by atomic mass is 16.7. The Morgan fingerprint density at radius 1 is 0.833 bits per heavy atom. The first kappa shape index (κ1) is 37.3. The standard InChI is InChI=1S/C27H34N6O15/c1-11(34)29-19-7-8-33(27(40)30-19)25-24(46-16(6)39)22(44-14(4)37)17(47-25)10-42-26-20(31-32-28)23(45-15(5)38)21(43-13(3)36)18(48-26)9-41-12(2)35/h7-8,17-18,20-26H,9-10H2,1-6H3,(H,29,30,34,40)/t17-,18-,20+,21-,22-,23-,24-,25-,26+/m1/s1. The lowest BCUT2D eigenvalue weighted by Crippen LogP contribution is -2.61. The van der Waals surface area contributed by atoms with Gasteiger partial charge in [0.2, 0.25) is 5.91 Å². The molecule has 1 N–H and O–H groups in total. The van der Waals surface area contributed by atoms with Gasteiger partial charge in [-0.25, -0.2) is 4.79 Å². The number of esters is 5. The smallest absolute Gasteiger partial charge is 0.351 e. The van der Waals surface area contributed by atoms with Crippen LogP contribution in [-0.2, 0) is 66.7 Å². The average molecular weight is 683 g/mol. The first-order valence-electron chi connectivity index (χ1n) is 14.3. The quantitative estimate of drug-likeness (QED) is 0.0983. The normalized spacial score (nSPS) is 27.8. The Morgan fingerprint density at radius 3 is 1.90 bits per heavy atom. The summed E-state index contributed by atoms with van der Waals surface area (Å²) >= 11 is 0. The van der Waals surface area contributed by atoms with Crippen molar-refractivity contribution >= 4 is 41.6 Å². The molecule has 3 heterocycles. The largest absolute Gasteiger partial charge is 0.463 e. The van der Waals surface area contributed by atoms with Crippen LogP contribution in [0.3, 0.4) is 0 Å². The summed E-state index contributed by atoms with van der Waals surface area (Å²) in [6.07, 6.45) is -10.2. The van der Waals surface area contributed by atoms with E-state index in [9.17, 15) is 39.1 Å². The lowest BCUT2D eigenvalue weighted by molar-refractivity contribution is -0.279. The zero-order valence-electron chi connectivity index (χ0n) is 26.6. The highest BCUT2D eigenvalue weighted by molar-refractivity contribution is 5.87. The highest BCUT2D eigenvalue weighted by Crippen LogP contribution is 2.35. The summed E-state index contributed by atoms with van der Waals surface area (Å²) in [7, 11) is 0. The molecule has 0 aromatic carbocycles. The van der Waals surface area contributed by atoms with Crippen molar-refractivity contribution in [2.45, 2.75) is 96.7 Å². The molecule has 2 fully saturated rings. The summed E-state index contributed by atoms with van der Waals surface area (Å²) in [5, 5.41) is 5.99. The van der Waals surface area contributed by atoms with Crippen LogP contribution in [0, 0.1) is 0 Å². The molecule has 48 heavy (non-hydrogen) atoms. The number of aromatic nitrogens is 2. The molecule has 21 heteroatoms. The van der Waals surface area contributed by atoms with Gasteiger partial charge in [0.05, 0.1) is 6.61 Å². The van der Waals surface area contributed by atoms with Crippen molar-refractivity contribution < 1.29 is 66.7 Å². The third-order valence-corrected chi connectivity index (χ3v) is 6.58. The molecule has 3 rings (SSSR count). The van der Waals surface area contributed by atoms with E-state index in [0.717, 1.165) is 39.2 Å². The minimum absolute atomic E-state index is 0.0709. The lowest BCUT2D eigenvalue weighted by Gasteiger charge is -2.43. The van der Waals surface area contributed by atoms with E-state index in [-0.39, 0.29) is 5.82 Å². The Hall–Kier alpha value is -5.11. The van der Waals surface area contributed by atoms with Crippen LogP contribution in [0.25, 0.3) is 10.4 Å². The van der Waals surface area contributed by atoms with Gasteiger partial charge in [0.1, 0.15) is 30.7 Å². The van der Waals surface area contributed by atoms with Gasteiger partial charge in [0.25, 0.3) is 0 Å². The molecule has 1 aromatic rings. The molecule has 2 aliphatic rings. The number of nitrogens with zero attached hydrogens (tertiary/aromatic N) is 5. The Bertz CT molecular complexity index is 1510. The number of carbonyl (C=O) groups is 6. The van der Waals surface area contributed by atoms with Gasteiger partial charge in [-0.3, -0.25) is 33.3 Å². The third kappa shape index (κ3) is 9.94. The van der Waals surface area contributed by atoms with Gasteiger partial charge >= 0.3 is 35.5 Å². The van der Waals surface area contributed by atoms with Crippen molar-refractivity contribution in [1.82, 2.24) is 9.55 Å². The second-order valence-corrected chi connectivity index (χ2v) is 10.4. The molecule has 0 bridgehead atoms. The Labute approximate surface area is 271 Å². The number of carbonyl (C=O) groups excluding carboxylic acids is 6. The van der Waals surface area contributed by atoms with Crippen LogP contribution in [-0.4, -0.2) is 107 Å². The fourth-order valence-corrected chi connectivity index (χ4v) is 4.97. The predicted octanol–water partition coefficient (Wildman–Crippen LogP) is -0.191. The van der Waals surface area contributed by atoms with Crippen molar-refractivity contribution in [2.75, 3.05) is 18.5 Å². The predicted molar refractivity (Wildman–Crippen MR) is 153 cm³/mol. The summed E-state index contributed by atoms with van der Waals surface area (Å²) in [5.74, 6) is -4.61. The van der Waals surface area contributed by atoms with Gasteiger partial charge in [-0.05, 0) is 11.6 Å². The molecular formula is C27H34N6O15. The fraction of sp³-hybridized carbons (Fsp3) is 0.630. The maximum Gasteiger partial charge on any atom is 0.351 e. The number of anilines is 1. The molecule has 21 nitrogen and oxygen atoms in total. The van der Waals surface area contributed by atoms with Crippen molar-refractivity contribution in [3.63, 3.8) is 0 Å². The van der Waals surface area contributed by atoms with Crippen molar-refractivity contribution in [1.29, 1.82) is 0 Å². The van der Waals surface area contributed by atoms with Crippen LogP contribution in [0.4, 0.5) is 5.82 Å². The minimum Gasteiger partial charge on any atom is -0.463 e. The third-order valence-electron chi connectivity index (χ3n) is 6.58. The van der Waals surface area contributed by atoms with E-state index in [1.54, 1.807) is 0 Å². The van der Waals surface area contributed by atoms with Gasteiger partial charge in [-0.2, -0.15) is 4.98 Å². The first-order valence-corrected chi connectivity index (χ1v) is 14.3. The van der Waals surface area contributed by atoms with Gasteiger partial charge < -0.3 is 43.2 Å². The molecule has 0 spiro atoms. The topological polar surface area (TPSA) is 272 Å². The zero-order chi connectivity index (χ0) is 35.7. The van der Waals surface area contributed by atoms with E-state index >= 15 is 0 Å². The molecule has 262 valence electrons. The van der Waals surface area contributed by atoms with E-state index in [1.165, 1.54) is 19.2 Å². The minimum atomic E-state index is -1.59. The summed E-state index contributed by atoms with van der Waals surface area (Å²) in [6.45, 7) is 5.52. The zero-order valence-corrected chi connectivity index (χ0v) is 26.6. The number of azide groups is 1. The lowest BCUT2D eigenvalue weighted by atomic mass is 9.96. The molecule has 0 radical (unpaired) electrons. The van der Waals surface area contributed by atoms with Gasteiger partial charge in [-0.1, -0.05) is 5.11 Å². The van der Waals surface area contributed by atoms with E-state index in [2.05, 4.69) is 20.3 Å². The number of amides is 1. The fourth-order valence-electron chi connectivity index (χ4n) is 4.97. The molecule has 0 saturated carbocycles. The highest BCUT2D eigenvalue weighted by Gasteiger charge is 2.53. The molecule has 0 aliphatic carbocycles. The van der Waals surface area contributed by atoms with Crippen LogP contribution in [0.5, 0.6) is 0 Å². The van der Waals surface area contributed by atoms with Crippen LogP contribution in [0.15, 0.2) is 22.2 Å². The van der Waals surface area contributed by atoms with E-state index < -0.39 is 110 Å². The molecule has 1 aromatic heterocycles. The summed E-state index contributed by atoms with van der Waals surface area (Å²) in [4.78, 5) is 90.7. The molecule has 9 atom stereocenters. The molecule has 1 amide bonds. The Balaban J connectivity index is 1.99. The second-order valence-electron chi connectivity index (χ2n) is 10.4. The van der Waals surface area contributed by atoms with Crippen LogP contribution < -0.4 is 11.0 Å². The maximum atomic E-state index is 12.9. The summed E-state index contributed by atoms with van der Waals surface area (Å²) in [5.41, 5.74) is 8.40. The monoisotopic (exact) mass is 682 g/mol. The number of nitrogens with one attached hydrogen (secondary N) is 1. The van der Waals surface area contributed by atoms with Gasteiger partial charge in [-0.15, -0.1) is 0 Å². The number of ether oxygens (including phenoxy) is 8. The molecule has 0 unspecified atom stereocenters. The molecule has 2 aliphatic heterocycles. The maximum absolute atomic E-state index is 12.9. The Kier molecular flexibility index (Phi) is 12.9. The summed E-state index contributed by atoms with van der Waals surface area (Å²) in [6, 6.07) is -0.224. The average Bonchev–Trinajstić information content (AvgIpc) is 3.27. The van der Waals surface area contributed by atoms with Gasteiger partial charge in [0.15, 0.2) is 36.9 Å². The van der Waals surface area contributed by atoms with Crippen molar-refractivity contribution in [3.05, 3.63) is 33.2 Å². The molecular weight excluding hydrogens is 648 g/mol. The summed E-state index contributed by atoms with van der Waals surface area (Å²) < 4.78 is 45.3. The molecule has 2 saturated heterocycles. The second kappa shape index (κ2) is 16.6. The van der Waals surface area contributed by atoms with Crippen LogP contribution in [0.2, 0.25) is 0 Å². The number of hydrogen-bond acceptors (Lipinski definition) is 17. The van der Waals surface area contributed by atoms with Gasteiger partial charge in [0, 0.05) is 52.7 Å². The number of rotatable bonds is 12. The van der Waals surface area contributed by atoms with E-state index in [1.807, 2.05) is 0 Å². The Morgan fingerprint density at radius 2 is 1.38 bits per heavy atom.